The third-order valence-corrected chi connectivity index (χ3v) is 3.36. The Hall–Kier alpha value is -2.82. The lowest BCUT2D eigenvalue weighted by molar-refractivity contribution is -0.120. The molecule has 0 aromatic heterocycles. The minimum absolute atomic E-state index is 0.111. The second-order valence-corrected chi connectivity index (χ2v) is 5.53. The molecule has 2 amide bonds. The van der Waals surface area contributed by atoms with Crippen LogP contribution in [-0.2, 0) is 16.0 Å². The lowest BCUT2D eigenvalue weighted by Crippen LogP contribution is -2.29. The molecule has 0 atom stereocenters. The lowest BCUT2D eigenvalue weighted by atomic mass is 10.1. The summed E-state index contributed by atoms with van der Waals surface area (Å²) in [7, 11) is 0. The van der Waals surface area contributed by atoms with Crippen molar-refractivity contribution in [1.29, 1.82) is 0 Å². The van der Waals surface area contributed by atoms with Crippen molar-refractivity contribution >= 4 is 17.5 Å². The van der Waals surface area contributed by atoms with Gasteiger partial charge in [0.1, 0.15) is 12.4 Å². The van der Waals surface area contributed by atoms with Crippen LogP contribution in [0.4, 0.5) is 5.69 Å². The van der Waals surface area contributed by atoms with Crippen LogP contribution in [0.3, 0.4) is 0 Å². The molecule has 2 aromatic carbocycles. The van der Waals surface area contributed by atoms with Gasteiger partial charge in [-0.15, -0.1) is 0 Å². The summed E-state index contributed by atoms with van der Waals surface area (Å²) in [5, 5.41) is 5.55. The summed E-state index contributed by atoms with van der Waals surface area (Å²) in [6.45, 7) is 4.28. The first-order chi connectivity index (χ1) is 11.5. The number of nitrogens with one attached hydrogen (secondary N) is 2. The number of aryl methyl sites for hydroxylation is 1. The normalized spacial score (nSPS) is 10.1. The first kappa shape index (κ1) is 17.5. The smallest absolute Gasteiger partial charge is 0.224 e. The van der Waals surface area contributed by atoms with E-state index in [0.29, 0.717) is 18.8 Å². The predicted molar refractivity (Wildman–Crippen MR) is 94.1 cm³/mol. The summed E-state index contributed by atoms with van der Waals surface area (Å²) >= 11 is 0. The molecule has 0 aliphatic heterocycles. The zero-order chi connectivity index (χ0) is 17.4. The van der Waals surface area contributed by atoms with Gasteiger partial charge in [-0.2, -0.15) is 0 Å². The van der Waals surface area contributed by atoms with Crippen LogP contribution < -0.4 is 15.4 Å². The van der Waals surface area contributed by atoms with Crippen LogP contribution in [0.2, 0.25) is 0 Å². The van der Waals surface area contributed by atoms with Gasteiger partial charge >= 0.3 is 0 Å². The molecule has 24 heavy (non-hydrogen) atoms. The quantitative estimate of drug-likeness (QED) is 0.769. The Kier molecular flexibility index (Phi) is 6.37. The summed E-state index contributed by atoms with van der Waals surface area (Å²) in [6, 6.07) is 15.0. The zero-order valence-corrected chi connectivity index (χ0v) is 14.0. The third kappa shape index (κ3) is 5.76. The summed E-state index contributed by atoms with van der Waals surface area (Å²) in [5.41, 5.74) is 2.58. The number of amides is 2. The first-order valence-corrected chi connectivity index (χ1v) is 7.86. The van der Waals surface area contributed by atoms with Crippen molar-refractivity contribution in [1.82, 2.24) is 5.32 Å². The zero-order valence-electron chi connectivity index (χ0n) is 14.0. The maximum absolute atomic E-state index is 12.0. The second kappa shape index (κ2) is 8.72. The van der Waals surface area contributed by atoms with E-state index in [1.54, 1.807) is 6.07 Å². The highest BCUT2D eigenvalue weighted by atomic mass is 16.5. The average Bonchev–Trinajstić information content (AvgIpc) is 2.53. The van der Waals surface area contributed by atoms with Crippen molar-refractivity contribution in [3.8, 4) is 5.75 Å². The van der Waals surface area contributed by atoms with Gasteiger partial charge in [0.05, 0.1) is 13.0 Å². The standard InChI is InChI=1S/C19H22N2O3/c1-14-6-5-8-17(12-14)24-11-10-20-19(23)13-16-7-3-4-9-18(16)21-15(2)22/h3-9,12H,10-11,13H2,1-2H3,(H,20,23)(H,21,22). The van der Waals surface area contributed by atoms with Crippen molar-refractivity contribution < 1.29 is 14.3 Å². The second-order valence-electron chi connectivity index (χ2n) is 5.53. The number of hydrogen-bond acceptors (Lipinski definition) is 3. The Balaban J connectivity index is 1.78. The molecule has 2 N–H and O–H groups in total. The Morgan fingerprint density at radius 2 is 1.88 bits per heavy atom. The van der Waals surface area contributed by atoms with Gasteiger partial charge in [0, 0.05) is 12.6 Å². The Bertz CT molecular complexity index is 713. The van der Waals surface area contributed by atoms with E-state index in [0.717, 1.165) is 16.9 Å². The number of rotatable bonds is 7. The van der Waals surface area contributed by atoms with Crippen molar-refractivity contribution in [2.24, 2.45) is 0 Å². The van der Waals surface area contributed by atoms with E-state index in [9.17, 15) is 9.59 Å². The molecule has 0 aliphatic rings. The van der Waals surface area contributed by atoms with E-state index in [4.69, 9.17) is 4.74 Å². The van der Waals surface area contributed by atoms with Crippen LogP contribution in [-0.4, -0.2) is 25.0 Å². The van der Waals surface area contributed by atoms with E-state index in [1.165, 1.54) is 6.92 Å². The fourth-order valence-corrected chi connectivity index (χ4v) is 2.29. The summed E-state index contributed by atoms with van der Waals surface area (Å²) in [5.74, 6) is 0.523. The number of hydrogen-bond donors (Lipinski definition) is 2. The van der Waals surface area contributed by atoms with Gasteiger partial charge in [-0.05, 0) is 36.2 Å². The maximum atomic E-state index is 12.0. The molecule has 0 radical (unpaired) electrons. The molecule has 5 nitrogen and oxygen atoms in total. The molecule has 0 fully saturated rings. The molecule has 0 spiro atoms. The Morgan fingerprint density at radius 1 is 1.08 bits per heavy atom. The van der Waals surface area contributed by atoms with Gasteiger partial charge in [0.15, 0.2) is 0 Å². The van der Waals surface area contributed by atoms with Crippen molar-refractivity contribution in [2.75, 3.05) is 18.5 Å². The molecular weight excluding hydrogens is 304 g/mol. The topological polar surface area (TPSA) is 67.4 Å². The van der Waals surface area contributed by atoms with Gasteiger partial charge in [-0.1, -0.05) is 30.3 Å². The molecule has 5 heteroatoms. The predicted octanol–water partition coefficient (Wildman–Crippen LogP) is 2.69. The fraction of sp³-hybridized carbons (Fsp3) is 0.263. The number of para-hydroxylation sites is 1. The van der Waals surface area contributed by atoms with Gasteiger partial charge in [0.25, 0.3) is 0 Å². The van der Waals surface area contributed by atoms with Crippen molar-refractivity contribution in [2.45, 2.75) is 20.3 Å². The number of ether oxygens (including phenoxy) is 1. The molecule has 0 aliphatic carbocycles. The summed E-state index contributed by atoms with van der Waals surface area (Å²) < 4.78 is 5.59. The van der Waals surface area contributed by atoms with E-state index in [-0.39, 0.29) is 18.2 Å². The van der Waals surface area contributed by atoms with E-state index in [1.807, 2.05) is 49.4 Å². The first-order valence-electron chi connectivity index (χ1n) is 7.86. The van der Waals surface area contributed by atoms with Crippen LogP contribution in [0, 0.1) is 6.92 Å². The van der Waals surface area contributed by atoms with Crippen molar-refractivity contribution in [3.05, 3.63) is 59.7 Å². The van der Waals surface area contributed by atoms with E-state index in [2.05, 4.69) is 10.6 Å². The summed E-state index contributed by atoms with van der Waals surface area (Å²) in [4.78, 5) is 23.2. The third-order valence-electron chi connectivity index (χ3n) is 3.36. The number of benzene rings is 2. The molecular formula is C19H22N2O3. The van der Waals surface area contributed by atoms with Crippen LogP contribution >= 0.6 is 0 Å². The fourth-order valence-electron chi connectivity index (χ4n) is 2.29. The number of carbonyl (C=O) groups excluding carboxylic acids is 2. The average molecular weight is 326 g/mol. The van der Waals surface area contributed by atoms with E-state index >= 15 is 0 Å². The highest BCUT2D eigenvalue weighted by Gasteiger charge is 2.08. The molecule has 2 rings (SSSR count). The number of anilines is 1. The van der Waals surface area contributed by atoms with Crippen LogP contribution in [0.5, 0.6) is 5.75 Å². The van der Waals surface area contributed by atoms with Gasteiger partial charge in [0.2, 0.25) is 11.8 Å². The van der Waals surface area contributed by atoms with Gasteiger partial charge < -0.3 is 15.4 Å². The maximum Gasteiger partial charge on any atom is 0.224 e. The van der Waals surface area contributed by atoms with Crippen LogP contribution in [0.25, 0.3) is 0 Å². The van der Waals surface area contributed by atoms with E-state index < -0.39 is 0 Å². The van der Waals surface area contributed by atoms with Gasteiger partial charge in [-0.3, -0.25) is 9.59 Å². The molecule has 126 valence electrons. The molecule has 0 saturated heterocycles. The minimum Gasteiger partial charge on any atom is -0.492 e. The molecule has 0 heterocycles. The SMILES string of the molecule is CC(=O)Nc1ccccc1CC(=O)NCCOc1cccc(C)c1. The molecule has 0 bridgehead atoms. The molecule has 2 aromatic rings. The monoisotopic (exact) mass is 326 g/mol. The minimum atomic E-state index is -0.158. The Morgan fingerprint density at radius 3 is 2.62 bits per heavy atom. The lowest BCUT2D eigenvalue weighted by Gasteiger charge is -2.11. The van der Waals surface area contributed by atoms with Crippen LogP contribution in [0.15, 0.2) is 48.5 Å². The molecule has 0 saturated carbocycles. The van der Waals surface area contributed by atoms with Crippen molar-refractivity contribution in [3.63, 3.8) is 0 Å². The molecule has 0 unspecified atom stereocenters. The highest BCUT2D eigenvalue weighted by molar-refractivity contribution is 5.91. The van der Waals surface area contributed by atoms with Crippen LogP contribution in [0.1, 0.15) is 18.1 Å². The summed E-state index contributed by atoms with van der Waals surface area (Å²) in [6.07, 6.45) is 0.209. The largest absolute Gasteiger partial charge is 0.492 e. The number of carbonyl (C=O) groups is 2. The Labute approximate surface area is 142 Å². The van der Waals surface area contributed by atoms with Gasteiger partial charge in [-0.25, -0.2) is 0 Å². The highest BCUT2D eigenvalue weighted by Crippen LogP contribution is 2.15.